The third kappa shape index (κ3) is 5.41. The van der Waals surface area contributed by atoms with Gasteiger partial charge in [-0.25, -0.2) is 0 Å². The molecule has 33 heavy (non-hydrogen) atoms. The molecule has 2 unspecified atom stereocenters. The van der Waals surface area contributed by atoms with Crippen LogP contribution in [0.2, 0.25) is 0 Å². The van der Waals surface area contributed by atoms with Crippen molar-refractivity contribution < 1.29 is 43.0 Å². The molecule has 0 aliphatic carbocycles. The number of carbonyl (C=O) groups is 6. The molecule has 11 heteroatoms. The highest BCUT2D eigenvalue weighted by molar-refractivity contribution is 6.22. The lowest BCUT2D eigenvalue weighted by Gasteiger charge is -2.33. The van der Waals surface area contributed by atoms with Crippen LogP contribution in [0.5, 0.6) is 0 Å². The molecule has 2 atom stereocenters. The summed E-state index contributed by atoms with van der Waals surface area (Å²) in [5.74, 6) is -6.55. The van der Waals surface area contributed by atoms with Crippen LogP contribution >= 0.6 is 0 Å². The quantitative estimate of drug-likeness (QED) is 0.279. The number of amides is 2. The van der Waals surface area contributed by atoms with Gasteiger partial charge in [0.2, 0.25) is 5.60 Å². The van der Waals surface area contributed by atoms with Crippen LogP contribution in [0.4, 0.5) is 0 Å². The summed E-state index contributed by atoms with van der Waals surface area (Å²) in [6, 6.07) is 7.71. The first kappa shape index (κ1) is 25.2. The van der Waals surface area contributed by atoms with Gasteiger partial charge in [-0.1, -0.05) is 12.1 Å². The lowest BCUT2D eigenvalue weighted by atomic mass is 9.79. The monoisotopic (exact) mass is 458 g/mol. The van der Waals surface area contributed by atoms with Gasteiger partial charge < -0.3 is 14.2 Å². The van der Waals surface area contributed by atoms with Crippen molar-refractivity contribution in [2.24, 2.45) is 5.92 Å². The minimum absolute atomic E-state index is 0.108. The number of hydrogen-bond acceptors (Lipinski definition) is 10. The second-order valence-corrected chi connectivity index (χ2v) is 7.21. The molecule has 0 N–H and O–H groups in total. The molecule has 1 heterocycles. The molecule has 0 spiro atoms. The molecule has 174 valence electrons. The Morgan fingerprint density at radius 2 is 1.58 bits per heavy atom. The molecular weight excluding hydrogens is 436 g/mol. The zero-order valence-corrected chi connectivity index (χ0v) is 18.3. The van der Waals surface area contributed by atoms with Crippen LogP contribution < -0.4 is 0 Å². The SMILES string of the molecule is COC(=O)CCC(C#N)(OC(C)=O)C(CC(=O)OC)C(=O)CN1C(=O)c2ccccc2C1=O. The largest absolute Gasteiger partial charge is 0.469 e. The second-order valence-electron chi connectivity index (χ2n) is 7.21. The number of fused-ring (bicyclic) bond motifs is 1. The topological polar surface area (TPSA) is 157 Å². The number of esters is 3. The first-order chi connectivity index (χ1) is 15.6. The predicted molar refractivity (Wildman–Crippen MR) is 108 cm³/mol. The molecule has 11 nitrogen and oxygen atoms in total. The molecule has 0 bridgehead atoms. The lowest BCUT2D eigenvalue weighted by Crippen LogP contribution is -2.49. The Labute approximate surface area is 189 Å². The van der Waals surface area contributed by atoms with E-state index in [2.05, 4.69) is 9.47 Å². The predicted octanol–water partition coefficient (Wildman–Crippen LogP) is 0.810. The van der Waals surface area contributed by atoms with Gasteiger partial charge in [-0.3, -0.25) is 33.7 Å². The Morgan fingerprint density at radius 3 is 2.03 bits per heavy atom. The molecule has 1 aromatic carbocycles. The zero-order valence-electron chi connectivity index (χ0n) is 18.3. The van der Waals surface area contributed by atoms with Crippen molar-refractivity contribution in [2.75, 3.05) is 20.8 Å². The van der Waals surface area contributed by atoms with Crippen LogP contribution in [0.3, 0.4) is 0 Å². The average Bonchev–Trinajstić information content (AvgIpc) is 3.04. The smallest absolute Gasteiger partial charge is 0.306 e. The second kappa shape index (κ2) is 10.5. The first-order valence-corrected chi connectivity index (χ1v) is 9.82. The molecule has 0 aromatic heterocycles. The van der Waals surface area contributed by atoms with Crippen LogP contribution in [0.25, 0.3) is 0 Å². The number of carbonyl (C=O) groups excluding carboxylic acids is 6. The van der Waals surface area contributed by atoms with E-state index >= 15 is 0 Å². The fourth-order valence-corrected chi connectivity index (χ4v) is 3.54. The number of nitrogens with zero attached hydrogens (tertiary/aromatic N) is 2. The molecule has 1 aliphatic rings. The lowest BCUT2D eigenvalue weighted by molar-refractivity contribution is -0.165. The summed E-state index contributed by atoms with van der Waals surface area (Å²) in [7, 11) is 2.17. The Hall–Kier alpha value is -4.07. The van der Waals surface area contributed by atoms with E-state index in [-0.39, 0.29) is 11.1 Å². The maximum atomic E-state index is 13.3. The van der Waals surface area contributed by atoms with E-state index < -0.39 is 72.8 Å². The third-order valence-corrected chi connectivity index (χ3v) is 5.19. The number of Topliss-reactive ketones (excluding diaryl/α,β-unsaturated/α-hetero) is 1. The number of ketones is 1. The summed E-state index contributed by atoms with van der Waals surface area (Å²) in [6.45, 7) is 0.213. The highest BCUT2D eigenvalue weighted by Crippen LogP contribution is 2.33. The van der Waals surface area contributed by atoms with Crippen molar-refractivity contribution in [3.8, 4) is 6.07 Å². The Balaban J connectivity index is 2.42. The normalized spacial score (nSPS) is 15.0. The number of hydrogen-bond donors (Lipinski definition) is 0. The molecule has 2 amide bonds. The minimum atomic E-state index is -2.25. The van der Waals surface area contributed by atoms with Gasteiger partial charge in [0.15, 0.2) is 5.78 Å². The molecule has 0 fully saturated rings. The van der Waals surface area contributed by atoms with Crippen molar-refractivity contribution in [1.82, 2.24) is 4.90 Å². The molecule has 2 rings (SSSR count). The van der Waals surface area contributed by atoms with Crippen molar-refractivity contribution in [3.63, 3.8) is 0 Å². The molecule has 0 saturated heterocycles. The van der Waals surface area contributed by atoms with Gasteiger partial charge >= 0.3 is 17.9 Å². The van der Waals surface area contributed by atoms with Crippen molar-refractivity contribution >= 4 is 35.5 Å². The third-order valence-electron chi connectivity index (χ3n) is 5.19. The Bertz CT molecular complexity index is 1010. The summed E-state index contributed by atoms with van der Waals surface area (Å²) in [5.41, 5.74) is -2.03. The summed E-state index contributed by atoms with van der Waals surface area (Å²) in [5, 5.41) is 9.89. The van der Waals surface area contributed by atoms with E-state index in [4.69, 9.17) is 4.74 Å². The number of methoxy groups -OCH3 is 2. The molecule has 0 saturated carbocycles. The highest BCUT2D eigenvalue weighted by Gasteiger charge is 2.49. The fraction of sp³-hybridized carbons (Fsp3) is 0.409. The van der Waals surface area contributed by atoms with E-state index in [0.717, 1.165) is 21.1 Å². The van der Waals surface area contributed by atoms with E-state index in [9.17, 15) is 34.0 Å². The number of rotatable bonds is 10. The van der Waals surface area contributed by atoms with Crippen molar-refractivity contribution in [1.29, 1.82) is 5.26 Å². The number of benzene rings is 1. The van der Waals surface area contributed by atoms with Crippen LogP contribution in [0.15, 0.2) is 24.3 Å². The standard InChI is InChI=1S/C22H22N2O9/c1-13(25)33-22(12-23,9-8-18(27)31-2)16(10-19(28)32-3)17(26)11-24-20(29)14-6-4-5-7-15(14)21(24)30/h4-7,16H,8-11H2,1-3H3. The van der Waals surface area contributed by atoms with Gasteiger partial charge in [0.1, 0.15) is 6.07 Å². The first-order valence-electron chi connectivity index (χ1n) is 9.82. The highest BCUT2D eigenvalue weighted by atomic mass is 16.6. The van der Waals surface area contributed by atoms with Gasteiger partial charge in [-0.15, -0.1) is 0 Å². The Kier molecular flexibility index (Phi) is 8.01. The zero-order chi connectivity index (χ0) is 24.8. The minimum Gasteiger partial charge on any atom is -0.469 e. The summed E-state index contributed by atoms with van der Waals surface area (Å²) < 4.78 is 14.3. The van der Waals surface area contributed by atoms with Gasteiger partial charge in [-0.2, -0.15) is 5.26 Å². The van der Waals surface area contributed by atoms with Gasteiger partial charge in [0, 0.05) is 13.3 Å². The fourth-order valence-electron chi connectivity index (χ4n) is 3.54. The van der Waals surface area contributed by atoms with Crippen LogP contribution in [-0.4, -0.2) is 66.8 Å². The van der Waals surface area contributed by atoms with E-state index in [0.29, 0.717) is 4.90 Å². The number of ether oxygens (including phenoxy) is 3. The van der Waals surface area contributed by atoms with Gasteiger partial charge in [0.05, 0.1) is 50.7 Å². The number of nitriles is 1. The number of imide groups is 1. The van der Waals surface area contributed by atoms with E-state index in [1.807, 2.05) is 0 Å². The van der Waals surface area contributed by atoms with Crippen molar-refractivity contribution in [3.05, 3.63) is 35.4 Å². The summed E-state index contributed by atoms with van der Waals surface area (Å²) >= 11 is 0. The molecular formula is C22H22N2O9. The molecule has 1 aromatic rings. The van der Waals surface area contributed by atoms with Gasteiger partial charge in [0.25, 0.3) is 11.8 Å². The van der Waals surface area contributed by atoms with Crippen LogP contribution in [0, 0.1) is 17.2 Å². The molecule has 0 radical (unpaired) electrons. The van der Waals surface area contributed by atoms with Crippen LogP contribution in [0.1, 0.15) is 46.9 Å². The van der Waals surface area contributed by atoms with E-state index in [1.165, 1.54) is 12.1 Å². The maximum Gasteiger partial charge on any atom is 0.306 e. The molecule has 1 aliphatic heterocycles. The summed E-state index contributed by atoms with van der Waals surface area (Å²) in [4.78, 5) is 74.8. The average molecular weight is 458 g/mol. The van der Waals surface area contributed by atoms with E-state index in [1.54, 1.807) is 18.2 Å². The maximum absolute atomic E-state index is 13.3. The van der Waals surface area contributed by atoms with Gasteiger partial charge in [-0.05, 0) is 12.1 Å². The summed E-state index contributed by atoms with van der Waals surface area (Å²) in [6.07, 6.45) is -1.57. The van der Waals surface area contributed by atoms with Crippen LogP contribution in [-0.2, 0) is 33.4 Å². The van der Waals surface area contributed by atoms with Crippen molar-refractivity contribution in [2.45, 2.75) is 31.8 Å². The Morgan fingerprint density at radius 1 is 1.03 bits per heavy atom.